The molecule has 27 heavy (non-hydrogen) atoms. The summed E-state index contributed by atoms with van der Waals surface area (Å²) in [5.74, 6) is -0.631. The number of carbonyl (C=O) groups excluding carboxylic acids is 1. The van der Waals surface area contributed by atoms with Crippen LogP contribution in [-0.4, -0.2) is 25.8 Å². The van der Waals surface area contributed by atoms with Crippen molar-refractivity contribution in [1.29, 1.82) is 0 Å². The van der Waals surface area contributed by atoms with Gasteiger partial charge in [-0.15, -0.1) is 0 Å². The predicted molar refractivity (Wildman–Crippen MR) is 98.2 cm³/mol. The molecule has 136 valence electrons. The van der Waals surface area contributed by atoms with Crippen molar-refractivity contribution < 1.29 is 14.3 Å². The standard InChI is InChI=1S/C18H13ClN4O4/c19-10-3-5-11(6-4-10)23-16-13(9-21-23)15(24)14(18(26)22-16)17(25)20-8-12-2-1-7-27-12/h1-7,9H,8H2,(H,20,25)(H2,22,24,26). The van der Waals surface area contributed by atoms with Crippen LogP contribution in [0.2, 0.25) is 5.02 Å². The van der Waals surface area contributed by atoms with Crippen molar-refractivity contribution in [2.24, 2.45) is 0 Å². The molecular weight excluding hydrogens is 372 g/mol. The lowest BCUT2D eigenvalue weighted by Crippen LogP contribution is -2.29. The fourth-order valence-electron chi connectivity index (χ4n) is 2.71. The molecule has 8 nitrogen and oxygen atoms in total. The normalized spacial score (nSPS) is 11.0. The van der Waals surface area contributed by atoms with Crippen LogP contribution >= 0.6 is 11.6 Å². The van der Waals surface area contributed by atoms with Gasteiger partial charge < -0.3 is 19.8 Å². The highest BCUT2D eigenvalue weighted by molar-refractivity contribution is 6.30. The minimum atomic E-state index is -0.729. The number of furan rings is 1. The number of carbonyl (C=O) groups is 1. The third kappa shape index (κ3) is 3.06. The molecule has 3 heterocycles. The maximum absolute atomic E-state index is 12.4. The number of aromatic nitrogens is 3. The molecule has 0 saturated carbocycles. The van der Waals surface area contributed by atoms with Crippen LogP contribution in [0.5, 0.6) is 5.75 Å². The molecule has 0 unspecified atom stereocenters. The average molecular weight is 385 g/mol. The first-order valence-electron chi connectivity index (χ1n) is 7.94. The zero-order chi connectivity index (χ0) is 19.0. The number of aromatic hydroxyl groups is 1. The minimum absolute atomic E-state index is 0.0901. The van der Waals surface area contributed by atoms with Crippen LogP contribution in [0.15, 0.2) is 58.1 Å². The second-order valence-corrected chi connectivity index (χ2v) is 6.17. The number of nitrogens with one attached hydrogen (secondary N) is 2. The van der Waals surface area contributed by atoms with Gasteiger partial charge in [0.15, 0.2) is 0 Å². The highest BCUT2D eigenvalue weighted by Crippen LogP contribution is 2.26. The Balaban J connectivity index is 1.72. The summed E-state index contributed by atoms with van der Waals surface area (Å²) in [6, 6.07) is 10.2. The third-order valence-electron chi connectivity index (χ3n) is 4.02. The molecule has 0 fully saturated rings. The van der Waals surface area contributed by atoms with Gasteiger partial charge in [-0.3, -0.25) is 9.59 Å². The number of hydrogen-bond acceptors (Lipinski definition) is 5. The summed E-state index contributed by atoms with van der Waals surface area (Å²) in [6.45, 7) is 0.0901. The van der Waals surface area contributed by atoms with Crippen molar-refractivity contribution in [3.8, 4) is 11.4 Å². The first-order valence-corrected chi connectivity index (χ1v) is 8.32. The number of fused-ring (bicyclic) bond motifs is 1. The number of hydrogen-bond donors (Lipinski definition) is 3. The average Bonchev–Trinajstić information content (AvgIpc) is 3.30. The zero-order valence-electron chi connectivity index (χ0n) is 13.8. The van der Waals surface area contributed by atoms with Gasteiger partial charge in [0.2, 0.25) is 0 Å². The lowest BCUT2D eigenvalue weighted by molar-refractivity contribution is 0.0944. The van der Waals surface area contributed by atoms with E-state index in [0.29, 0.717) is 16.5 Å². The van der Waals surface area contributed by atoms with Crippen molar-refractivity contribution in [3.63, 3.8) is 0 Å². The summed E-state index contributed by atoms with van der Waals surface area (Å²) < 4.78 is 6.57. The van der Waals surface area contributed by atoms with Crippen LogP contribution in [0.25, 0.3) is 16.7 Å². The van der Waals surface area contributed by atoms with Crippen molar-refractivity contribution in [2.45, 2.75) is 6.54 Å². The van der Waals surface area contributed by atoms with Gasteiger partial charge in [0.05, 0.1) is 30.1 Å². The number of H-pyrrole nitrogens is 1. The molecule has 0 spiro atoms. The second kappa shape index (κ2) is 6.65. The quantitative estimate of drug-likeness (QED) is 0.500. The zero-order valence-corrected chi connectivity index (χ0v) is 14.5. The van der Waals surface area contributed by atoms with Crippen molar-refractivity contribution in [1.82, 2.24) is 20.1 Å². The Labute approximate surface area is 157 Å². The van der Waals surface area contributed by atoms with E-state index in [1.54, 1.807) is 36.4 Å². The molecular formula is C18H13ClN4O4. The second-order valence-electron chi connectivity index (χ2n) is 5.73. The van der Waals surface area contributed by atoms with E-state index in [-0.39, 0.29) is 23.1 Å². The smallest absolute Gasteiger partial charge is 0.266 e. The molecule has 0 aliphatic heterocycles. The van der Waals surface area contributed by atoms with Crippen LogP contribution in [0, 0.1) is 0 Å². The largest absolute Gasteiger partial charge is 0.506 e. The SMILES string of the molecule is O=C(NCc1ccco1)c1c(O)c2cnn(-c3ccc(Cl)cc3)c2[nH]c1=O. The van der Waals surface area contributed by atoms with Gasteiger partial charge in [-0.2, -0.15) is 5.10 Å². The summed E-state index contributed by atoms with van der Waals surface area (Å²) in [7, 11) is 0. The fourth-order valence-corrected chi connectivity index (χ4v) is 2.84. The van der Waals surface area contributed by atoms with E-state index in [9.17, 15) is 14.7 Å². The third-order valence-corrected chi connectivity index (χ3v) is 4.27. The van der Waals surface area contributed by atoms with Crippen LogP contribution in [-0.2, 0) is 6.54 Å². The summed E-state index contributed by atoms with van der Waals surface area (Å²) in [4.78, 5) is 27.4. The molecule has 0 bridgehead atoms. The summed E-state index contributed by atoms with van der Waals surface area (Å²) in [6.07, 6.45) is 2.85. The summed E-state index contributed by atoms with van der Waals surface area (Å²) in [5.41, 5.74) is -0.209. The minimum Gasteiger partial charge on any atom is -0.506 e. The van der Waals surface area contributed by atoms with E-state index in [2.05, 4.69) is 15.4 Å². The lowest BCUT2D eigenvalue weighted by Gasteiger charge is -2.07. The van der Waals surface area contributed by atoms with Crippen LogP contribution < -0.4 is 10.9 Å². The number of pyridine rings is 1. The van der Waals surface area contributed by atoms with Gasteiger partial charge in [0.1, 0.15) is 22.7 Å². The molecule has 9 heteroatoms. The first kappa shape index (κ1) is 16.9. The molecule has 0 aliphatic rings. The van der Waals surface area contributed by atoms with Gasteiger partial charge in [-0.05, 0) is 36.4 Å². The van der Waals surface area contributed by atoms with Gasteiger partial charge in [0.25, 0.3) is 11.5 Å². The summed E-state index contributed by atoms with van der Waals surface area (Å²) in [5, 5.41) is 18.0. The molecule has 3 aromatic heterocycles. The number of nitrogens with zero attached hydrogens (tertiary/aromatic N) is 2. The highest BCUT2D eigenvalue weighted by Gasteiger charge is 2.21. The van der Waals surface area contributed by atoms with Gasteiger partial charge >= 0.3 is 0 Å². The molecule has 3 N–H and O–H groups in total. The fraction of sp³-hybridized carbons (Fsp3) is 0.0556. The van der Waals surface area contributed by atoms with Gasteiger partial charge in [-0.25, -0.2) is 4.68 Å². The topological polar surface area (TPSA) is 113 Å². The Bertz CT molecular complexity index is 1180. The molecule has 0 saturated heterocycles. The number of benzene rings is 1. The molecule has 0 aliphatic carbocycles. The number of halogens is 1. The Kier molecular flexibility index (Phi) is 4.17. The molecule has 4 aromatic rings. The van der Waals surface area contributed by atoms with E-state index in [0.717, 1.165) is 0 Å². The molecule has 1 amide bonds. The lowest BCUT2D eigenvalue weighted by atomic mass is 10.2. The molecule has 1 aromatic carbocycles. The van der Waals surface area contributed by atoms with E-state index >= 15 is 0 Å². The Morgan fingerprint density at radius 3 is 2.78 bits per heavy atom. The molecule has 4 rings (SSSR count). The van der Waals surface area contributed by atoms with Crippen LogP contribution in [0.1, 0.15) is 16.1 Å². The van der Waals surface area contributed by atoms with Crippen LogP contribution in [0.3, 0.4) is 0 Å². The van der Waals surface area contributed by atoms with E-state index < -0.39 is 17.2 Å². The maximum Gasteiger partial charge on any atom is 0.266 e. The molecule has 0 radical (unpaired) electrons. The maximum atomic E-state index is 12.4. The van der Waals surface area contributed by atoms with E-state index in [1.807, 2.05) is 0 Å². The van der Waals surface area contributed by atoms with E-state index in [4.69, 9.17) is 16.0 Å². The van der Waals surface area contributed by atoms with Crippen molar-refractivity contribution in [2.75, 3.05) is 0 Å². The Morgan fingerprint density at radius 2 is 2.07 bits per heavy atom. The monoisotopic (exact) mass is 384 g/mol. The number of aromatic amines is 1. The van der Waals surface area contributed by atoms with Crippen molar-refractivity contribution >= 4 is 28.5 Å². The number of rotatable bonds is 4. The van der Waals surface area contributed by atoms with Crippen molar-refractivity contribution in [3.05, 3.63) is 75.6 Å². The summed E-state index contributed by atoms with van der Waals surface area (Å²) >= 11 is 5.89. The van der Waals surface area contributed by atoms with Gasteiger partial charge in [-0.1, -0.05) is 11.6 Å². The van der Waals surface area contributed by atoms with Crippen LogP contribution in [0.4, 0.5) is 0 Å². The first-order chi connectivity index (χ1) is 13.0. The Hall–Kier alpha value is -3.52. The highest BCUT2D eigenvalue weighted by atomic mass is 35.5. The molecule has 0 atom stereocenters. The number of amides is 1. The Morgan fingerprint density at radius 1 is 1.30 bits per heavy atom. The van der Waals surface area contributed by atoms with E-state index in [1.165, 1.54) is 17.1 Å². The predicted octanol–water partition coefficient (Wildman–Crippen LogP) is 2.60. The van der Waals surface area contributed by atoms with Gasteiger partial charge in [0, 0.05) is 5.02 Å².